The molecule has 7 nitrogen and oxygen atoms in total. The maximum absolute atomic E-state index is 14.1. The lowest BCUT2D eigenvalue weighted by atomic mass is 9.96. The molecule has 2 atom stereocenters. The van der Waals surface area contributed by atoms with E-state index in [1.54, 1.807) is 17.0 Å². The molecule has 2 N–H and O–H groups in total. The number of piperidine rings is 1. The Bertz CT molecular complexity index is 805. The number of hydrogen-bond donors (Lipinski definition) is 2. The molecule has 1 aliphatic rings. The number of methoxy groups -OCH3 is 1. The molecule has 1 fully saturated rings. The van der Waals surface area contributed by atoms with Gasteiger partial charge in [-0.1, -0.05) is 0 Å². The number of nitrogens with one attached hydrogen (secondary N) is 2. The molecule has 1 aromatic heterocycles. The van der Waals surface area contributed by atoms with Gasteiger partial charge in [0.15, 0.2) is 0 Å². The minimum atomic E-state index is -0.662. The summed E-state index contributed by atoms with van der Waals surface area (Å²) < 4.78 is 20.8. The number of carbonyl (C=O) groups is 2. The average molecular weight is 346 g/mol. The molecular weight excluding hydrogens is 327 g/mol. The fraction of sp³-hybridized carbons (Fsp3) is 0.353. The molecule has 0 unspecified atom stereocenters. The summed E-state index contributed by atoms with van der Waals surface area (Å²) in [5.74, 6) is -0.335. The summed E-state index contributed by atoms with van der Waals surface area (Å²) in [6, 6.07) is 3.21. The van der Waals surface area contributed by atoms with Crippen molar-refractivity contribution < 1.29 is 18.7 Å². The Morgan fingerprint density at radius 2 is 2.28 bits per heavy atom. The molecule has 1 saturated heterocycles. The Morgan fingerprint density at radius 3 is 2.92 bits per heavy atom. The zero-order chi connectivity index (χ0) is 18.0. The van der Waals surface area contributed by atoms with E-state index in [4.69, 9.17) is 4.74 Å². The van der Waals surface area contributed by atoms with Gasteiger partial charge < -0.3 is 19.9 Å². The first kappa shape index (κ1) is 16.9. The number of amides is 2. The predicted octanol–water partition coefficient (Wildman–Crippen LogP) is 1.32. The van der Waals surface area contributed by atoms with Crippen LogP contribution in [0.1, 0.15) is 35.1 Å². The van der Waals surface area contributed by atoms with Gasteiger partial charge >= 0.3 is 0 Å². The van der Waals surface area contributed by atoms with E-state index in [1.165, 1.54) is 19.2 Å². The van der Waals surface area contributed by atoms with Gasteiger partial charge in [-0.15, -0.1) is 0 Å². The van der Waals surface area contributed by atoms with E-state index in [1.807, 2.05) is 7.05 Å². The normalized spacial score (nSPS) is 20.0. The third-order valence-electron chi connectivity index (χ3n) is 4.28. The van der Waals surface area contributed by atoms with E-state index >= 15 is 0 Å². The van der Waals surface area contributed by atoms with Crippen molar-refractivity contribution in [2.45, 2.75) is 24.9 Å². The Hall–Kier alpha value is -2.90. The Kier molecular flexibility index (Phi) is 4.69. The summed E-state index contributed by atoms with van der Waals surface area (Å²) in [7, 11) is 3.24. The fourth-order valence-corrected chi connectivity index (χ4v) is 2.93. The van der Waals surface area contributed by atoms with Gasteiger partial charge in [-0.05, 0) is 18.6 Å². The summed E-state index contributed by atoms with van der Waals surface area (Å²) in [5, 5.41) is 5.66. The highest BCUT2D eigenvalue weighted by atomic mass is 19.1. The van der Waals surface area contributed by atoms with Crippen LogP contribution in [0.15, 0.2) is 30.6 Å². The van der Waals surface area contributed by atoms with E-state index < -0.39 is 17.8 Å². The van der Waals surface area contributed by atoms with Crippen molar-refractivity contribution >= 4 is 11.8 Å². The molecule has 1 aliphatic heterocycles. The van der Waals surface area contributed by atoms with Gasteiger partial charge in [0.05, 0.1) is 18.7 Å². The van der Waals surface area contributed by atoms with Crippen LogP contribution in [0.25, 0.3) is 0 Å². The van der Waals surface area contributed by atoms with Crippen LogP contribution in [-0.2, 0) is 11.8 Å². The van der Waals surface area contributed by atoms with E-state index in [0.717, 1.165) is 6.07 Å². The maximum atomic E-state index is 14.1. The van der Waals surface area contributed by atoms with Crippen molar-refractivity contribution in [1.29, 1.82) is 0 Å². The number of halogens is 1. The van der Waals surface area contributed by atoms with E-state index in [-0.39, 0.29) is 23.9 Å². The summed E-state index contributed by atoms with van der Waals surface area (Å²) in [4.78, 5) is 28.5. The van der Waals surface area contributed by atoms with Crippen molar-refractivity contribution in [3.05, 3.63) is 47.8 Å². The first-order valence-electron chi connectivity index (χ1n) is 7.90. The smallest absolute Gasteiger partial charge is 0.254 e. The van der Waals surface area contributed by atoms with Gasteiger partial charge in [-0.3, -0.25) is 9.59 Å². The topological polar surface area (TPSA) is 85.2 Å². The number of benzene rings is 1. The van der Waals surface area contributed by atoms with Crippen molar-refractivity contribution in [3.8, 4) is 5.75 Å². The van der Waals surface area contributed by atoms with Crippen molar-refractivity contribution in [2.75, 3.05) is 7.11 Å². The fourth-order valence-electron chi connectivity index (χ4n) is 2.93. The molecule has 132 valence electrons. The molecule has 0 saturated carbocycles. The third kappa shape index (κ3) is 3.47. The van der Waals surface area contributed by atoms with Crippen molar-refractivity contribution in [3.63, 3.8) is 0 Å². The quantitative estimate of drug-likeness (QED) is 0.874. The van der Waals surface area contributed by atoms with Crippen LogP contribution in [0.3, 0.4) is 0 Å². The Labute approximate surface area is 144 Å². The monoisotopic (exact) mass is 346 g/mol. The lowest BCUT2D eigenvalue weighted by Gasteiger charge is -2.32. The molecule has 8 heteroatoms. The zero-order valence-electron chi connectivity index (χ0n) is 14.0. The SMILES string of the molecule is COc1ccc(C(=O)N[C@@H]2CCC(=O)N[C@H]2c2nccn2C)c(F)c1. The van der Waals surface area contributed by atoms with Crippen LogP contribution in [0.5, 0.6) is 5.75 Å². The molecule has 1 aromatic carbocycles. The number of ether oxygens (including phenoxy) is 1. The predicted molar refractivity (Wildman–Crippen MR) is 87.5 cm³/mol. The van der Waals surface area contributed by atoms with Crippen LogP contribution in [0, 0.1) is 5.82 Å². The third-order valence-corrected chi connectivity index (χ3v) is 4.28. The largest absolute Gasteiger partial charge is 0.497 e. The maximum Gasteiger partial charge on any atom is 0.254 e. The summed E-state index contributed by atoms with van der Waals surface area (Å²) >= 11 is 0. The molecule has 3 rings (SSSR count). The number of nitrogens with zero attached hydrogens (tertiary/aromatic N) is 2. The van der Waals surface area contributed by atoms with Crippen molar-refractivity contribution in [1.82, 2.24) is 20.2 Å². The van der Waals surface area contributed by atoms with Crippen molar-refractivity contribution in [2.24, 2.45) is 7.05 Å². The number of imidazole rings is 1. The van der Waals surface area contributed by atoms with Crippen LogP contribution in [0.4, 0.5) is 4.39 Å². The summed E-state index contributed by atoms with van der Waals surface area (Å²) in [6.07, 6.45) is 4.13. The Balaban J connectivity index is 1.81. The standard InChI is InChI=1S/C17H19FN4O3/c1-22-8-7-19-16(22)15-13(5-6-14(23)21-15)20-17(24)11-4-3-10(25-2)9-12(11)18/h3-4,7-9,13,15H,5-6H2,1-2H3,(H,20,24)(H,21,23)/t13-,15-/m1/s1. The second kappa shape index (κ2) is 6.92. The molecule has 25 heavy (non-hydrogen) atoms. The summed E-state index contributed by atoms with van der Waals surface area (Å²) in [6.45, 7) is 0. The molecule has 0 aliphatic carbocycles. The molecule has 2 amide bonds. The van der Waals surface area contributed by atoms with Gasteiger partial charge in [-0.25, -0.2) is 9.37 Å². The van der Waals surface area contributed by atoms with Gasteiger partial charge in [0, 0.05) is 31.9 Å². The summed E-state index contributed by atoms with van der Waals surface area (Å²) in [5.41, 5.74) is -0.0729. The number of aromatic nitrogens is 2. The van der Waals surface area contributed by atoms with Gasteiger partial charge in [0.25, 0.3) is 5.91 Å². The van der Waals surface area contributed by atoms with Crippen LogP contribution < -0.4 is 15.4 Å². The second-order valence-corrected chi connectivity index (χ2v) is 5.91. The lowest BCUT2D eigenvalue weighted by molar-refractivity contribution is -0.124. The molecule has 0 bridgehead atoms. The number of aryl methyl sites for hydroxylation is 1. The minimum absolute atomic E-state index is 0.0729. The first-order chi connectivity index (χ1) is 12.0. The molecule has 0 radical (unpaired) electrons. The first-order valence-corrected chi connectivity index (χ1v) is 7.90. The minimum Gasteiger partial charge on any atom is -0.497 e. The molecular formula is C17H19FN4O3. The van der Waals surface area contributed by atoms with Crippen LogP contribution >= 0.6 is 0 Å². The van der Waals surface area contributed by atoms with E-state index in [9.17, 15) is 14.0 Å². The molecule has 2 heterocycles. The Morgan fingerprint density at radius 1 is 1.48 bits per heavy atom. The van der Waals surface area contributed by atoms with Gasteiger partial charge in [0.1, 0.15) is 23.4 Å². The number of hydrogen-bond acceptors (Lipinski definition) is 4. The average Bonchev–Trinajstić information content (AvgIpc) is 3.02. The lowest BCUT2D eigenvalue weighted by Crippen LogP contribution is -2.51. The van der Waals surface area contributed by atoms with Gasteiger partial charge in [-0.2, -0.15) is 0 Å². The highest BCUT2D eigenvalue weighted by molar-refractivity contribution is 5.95. The zero-order valence-corrected chi connectivity index (χ0v) is 14.0. The number of rotatable bonds is 4. The highest BCUT2D eigenvalue weighted by Gasteiger charge is 2.33. The van der Waals surface area contributed by atoms with E-state index in [2.05, 4.69) is 15.6 Å². The number of carbonyl (C=O) groups excluding carboxylic acids is 2. The van der Waals surface area contributed by atoms with Crippen LogP contribution in [0.2, 0.25) is 0 Å². The van der Waals surface area contributed by atoms with Crippen LogP contribution in [-0.4, -0.2) is 34.5 Å². The van der Waals surface area contributed by atoms with E-state index in [0.29, 0.717) is 18.0 Å². The second-order valence-electron chi connectivity index (χ2n) is 5.91. The molecule has 2 aromatic rings. The highest BCUT2D eigenvalue weighted by Crippen LogP contribution is 2.24. The van der Waals surface area contributed by atoms with Gasteiger partial charge in [0.2, 0.25) is 5.91 Å². The molecule has 0 spiro atoms.